The first-order chi connectivity index (χ1) is 15.0. The molecule has 3 aromatic heterocycles. The van der Waals surface area contributed by atoms with Gasteiger partial charge in [-0.1, -0.05) is 48.2 Å². The number of carbonyl (C=O) groups is 2. The molecule has 4 rings (SSSR count). The van der Waals surface area contributed by atoms with E-state index in [1.165, 1.54) is 29.2 Å². The summed E-state index contributed by atoms with van der Waals surface area (Å²) in [6.07, 6.45) is 1.44. The van der Waals surface area contributed by atoms with Gasteiger partial charge in [0.05, 0.1) is 5.75 Å². The summed E-state index contributed by atoms with van der Waals surface area (Å²) in [6.45, 7) is 1.74. The number of furan rings is 1. The fourth-order valence-electron chi connectivity index (χ4n) is 2.48. The number of aromatic nitrogens is 2. The number of nitrogens with one attached hydrogen (secondary N) is 1. The van der Waals surface area contributed by atoms with Crippen molar-refractivity contribution in [3.63, 3.8) is 0 Å². The molecular formula is C20H15N3O6S2. The van der Waals surface area contributed by atoms with Crippen LogP contribution < -0.4 is 15.5 Å². The standard InChI is InChI=1S/C20H15N3O6S2/c1-2-17(25)21-19-22-23-20(31-19)30-10-12-8-13(24)16(9-27-12)29-18(26)15-7-11-5-3-4-6-14(11)28-15/h3-9H,2,10H2,1H3,(H,21,22,25). The molecular weight excluding hydrogens is 442 g/mol. The highest BCUT2D eigenvalue weighted by Crippen LogP contribution is 2.28. The van der Waals surface area contributed by atoms with Crippen molar-refractivity contribution in [2.75, 3.05) is 5.32 Å². The summed E-state index contributed by atoms with van der Waals surface area (Å²) in [5.41, 5.74) is 0.0439. The van der Waals surface area contributed by atoms with Crippen molar-refractivity contribution in [1.29, 1.82) is 0 Å². The van der Waals surface area contributed by atoms with Crippen molar-refractivity contribution in [3.05, 3.63) is 64.4 Å². The van der Waals surface area contributed by atoms with Crippen molar-refractivity contribution >= 4 is 51.1 Å². The second kappa shape index (κ2) is 9.14. The number of rotatable bonds is 7. The molecule has 11 heteroatoms. The Bertz CT molecular complexity index is 1280. The monoisotopic (exact) mass is 457 g/mol. The predicted molar refractivity (Wildman–Crippen MR) is 115 cm³/mol. The third-order valence-electron chi connectivity index (χ3n) is 3.99. The minimum absolute atomic E-state index is 0.0116. The van der Waals surface area contributed by atoms with Crippen molar-refractivity contribution in [2.45, 2.75) is 23.4 Å². The Labute approximate surface area is 183 Å². The summed E-state index contributed by atoms with van der Waals surface area (Å²) in [7, 11) is 0. The Hall–Kier alpha value is -3.44. The van der Waals surface area contributed by atoms with Crippen LogP contribution in [0.5, 0.6) is 5.75 Å². The van der Waals surface area contributed by atoms with Gasteiger partial charge in [-0.2, -0.15) is 0 Å². The molecule has 0 bridgehead atoms. The van der Waals surface area contributed by atoms with E-state index in [-0.39, 0.29) is 17.4 Å². The highest BCUT2D eigenvalue weighted by atomic mass is 32.2. The molecule has 3 heterocycles. The van der Waals surface area contributed by atoms with Crippen LogP contribution in [-0.2, 0) is 10.5 Å². The average Bonchev–Trinajstić information content (AvgIpc) is 3.40. The predicted octanol–water partition coefficient (Wildman–Crippen LogP) is 4.10. The van der Waals surface area contributed by atoms with Gasteiger partial charge in [-0.05, 0) is 12.1 Å². The molecule has 1 N–H and O–H groups in total. The number of carbonyl (C=O) groups excluding carboxylic acids is 2. The third kappa shape index (κ3) is 5.01. The number of anilines is 1. The lowest BCUT2D eigenvalue weighted by Crippen LogP contribution is -2.14. The lowest BCUT2D eigenvalue weighted by molar-refractivity contribution is -0.115. The zero-order valence-corrected chi connectivity index (χ0v) is 17.7. The maximum absolute atomic E-state index is 12.3. The summed E-state index contributed by atoms with van der Waals surface area (Å²) in [4.78, 5) is 36.0. The van der Waals surface area contributed by atoms with Crippen molar-refractivity contribution in [1.82, 2.24) is 10.2 Å². The van der Waals surface area contributed by atoms with Crippen LogP contribution in [0.2, 0.25) is 0 Å². The van der Waals surface area contributed by atoms with Gasteiger partial charge in [0.15, 0.2) is 4.34 Å². The van der Waals surface area contributed by atoms with Crippen molar-refractivity contribution in [3.8, 4) is 5.75 Å². The van der Waals surface area contributed by atoms with Crippen LogP contribution in [-0.4, -0.2) is 22.1 Å². The lowest BCUT2D eigenvalue weighted by atomic mass is 10.2. The van der Waals surface area contributed by atoms with Gasteiger partial charge in [0.1, 0.15) is 17.6 Å². The fourth-order valence-corrected chi connectivity index (χ4v) is 4.14. The van der Waals surface area contributed by atoms with Gasteiger partial charge in [0, 0.05) is 17.9 Å². The van der Waals surface area contributed by atoms with Gasteiger partial charge in [0.2, 0.25) is 28.0 Å². The minimum atomic E-state index is -0.791. The molecule has 9 nitrogen and oxygen atoms in total. The molecule has 0 aliphatic carbocycles. The SMILES string of the molecule is CCC(=O)Nc1nnc(SCc2cc(=O)c(OC(=O)c3cc4ccccc4o3)co2)s1. The maximum Gasteiger partial charge on any atom is 0.379 e. The lowest BCUT2D eigenvalue weighted by Gasteiger charge is -2.02. The number of benzene rings is 1. The Morgan fingerprint density at radius 1 is 1.23 bits per heavy atom. The van der Waals surface area contributed by atoms with Crippen LogP contribution in [0.4, 0.5) is 5.13 Å². The smallest absolute Gasteiger partial charge is 0.379 e. The van der Waals surface area contributed by atoms with Gasteiger partial charge in [0.25, 0.3) is 0 Å². The Kier molecular flexibility index (Phi) is 6.14. The van der Waals surface area contributed by atoms with E-state index >= 15 is 0 Å². The topological polar surface area (TPSA) is 125 Å². The van der Waals surface area contributed by atoms with E-state index in [4.69, 9.17) is 13.6 Å². The molecule has 158 valence electrons. The highest BCUT2D eigenvalue weighted by molar-refractivity contribution is 8.00. The van der Waals surface area contributed by atoms with Gasteiger partial charge >= 0.3 is 5.97 Å². The van der Waals surface area contributed by atoms with Crippen LogP contribution in [0.3, 0.4) is 0 Å². The largest absolute Gasteiger partial charge is 0.464 e. The molecule has 31 heavy (non-hydrogen) atoms. The number of hydrogen-bond acceptors (Lipinski definition) is 10. The molecule has 1 aromatic carbocycles. The number of hydrogen-bond donors (Lipinski definition) is 1. The van der Waals surface area contributed by atoms with E-state index < -0.39 is 11.4 Å². The van der Waals surface area contributed by atoms with Gasteiger partial charge in [-0.25, -0.2) is 4.79 Å². The molecule has 0 saturated heterocycles. The van der Waals surface area contributed by atoms with E-state index in [0.717, 1.165) is 11.6 Å². The van der Waals surface area contributed by atoms with Gasteiger partial charge in [-0.15, -0.1) is 10.2 Å². The van der Waals surface area contributed by atoms with Crippen LogP contribution in [0.15, 0.2) is 60.6 Å². The van der Waals surface area contributed by atoms with Crippen LogP contribution >= 0.6 is 23.1 Å². The number of amides is 1. The normalized spacial score (nSPS) is 10.9. The number of nitrogens with zero attached hydrogens (tertiary/aromatic N) is 2. The maximum atomic E-state index is 12.3. The number of ether oxygens (including phenoxy) is 1. The van der Waals surface area contributed by atoms with E-state index in [9.17, 15) is 14.4 Å². The third-order valence-corrected chi connectivity index (χ3v) is 5.99. The fraction of sp³-hybridized carbons (Fsp3) is 0.150. The molecule has 0 saturated carbocycles. The molecule has 4 aromatic rings. The number of esters is 1. The van der Waals surface area contributed by atoms with E-state index in [0.29, 0.717) is 33.0 Å². The Morgan fingerprint density at radius 2 is 2.06 bits per heavy atom. The summed E-state index contributed by atoms with van der Waals surface area (Å²) in [5.74, 6) is -0.508. The van der Waals surface area contributed by atoms with Crippen molar-refractivity contribution in [2.24, 2.45) is 0 Å². The quantitative estimate of drug-likeness (QED) is 0.248. The zero-order chi connectivity index (χ0) is 21.8. The molecule has 0 unspecified atom stereocenters. The first kappa shape index (κ1) is 20.8. The van der Waals surface area contributed by atoms with E-state index in [1.54, 1.807) is 31.2 Å². The molecule has 0 aliphatic heterocycles. The summed E-state index contributed by atoms with van der Waals surface area (Å²) >= 11 is 2.52. The molecule has 0 atom stereocenters. The molecule has 0 radical (unpaired) electrons. The summed E-state index contributed by atoms with van der Waals surface area (Å²) in [5, 5.41) is 11.6. The molecule has 0 fully saturated rings. The van der Waals surface area contributed by atoms with Crippen LogP contribution in [0.1, 0.15) is 29.7 Å². The average molecular weight is 457 g/mol. The first-order valence-electron chi connectivity index (χ1n) is 9.10. The number of para-hydroxylation sites is 1. The first-order valence-corrected chi connectivity index (χ1v) is 10.9. The summed E-state index contributed by atoms with van der Waals surface area (Å²) < 4.78 is 16.6. The second-order valence-corrected chi connectivity index (χ2v) is 8.38. The van der Waals surface area contributed by atoms with Crippen molar-refractivity contribution < 1.29 is 23.2 Å². The van der Waals surface area contributed by atoms with E-state index in [2.05, 4.69) is 15.5 Å². The van der Waals surface area contributed by atoms with Gasteiger partial charge < -0.3 is 18.9 Å². The minimum Gasteiger partial charge on any atom is -0.464 e. The summed E-state index contributed by atoms with van der Waals surface area (Å²) in [6, 6.07) is 9.93. The molecule has 0 spiro atoms. The molecule has 0 aliphatic rings. The highest BCUT2D eigenvalue weighted by Gasteiger charge is 2.17. The second-order valence-electron chi connectivity index (χ2n) is 6.18. The number of thioether (sulfide) groups is 1. The van der Waals surface area contributed by atoms with Gasteiger partial charge in [-0.3, -0.25) is 9.59 Å². The zero-order valence-electron chi connectivity index (χ0n) is 16.1. The van der Waals surface area contributed by atoms with E-state index in [1.807, 2.05) is 6.07 Å². The van der Waals surface area contributed by atoms with Crippen LogP contribution in [0.25, 0.3) is 11.0 Å². The number of fused-ring (bicyclic) bond motifs is 1. The van der Waals surface area contributed by atoms with Crippen LogP contribution in [0, 0.1) is 0 Å². The molecule has 1 amide bonds. The Balaban J connectivity index is 1.38. The Morgan fingerprint density at radius 3 is 2.84 bits per heavy atom.